The highest BCUT2D eigenvalue weighted by Gasteiger charge is 2.36. The lowest BCUT2D eigenvalue weighted by atomic mass is 10.1. The maximum absolute atomic E-state index is 13.0. The van der Waals surface area contributed by atoms with Crippen LogP contribution in [0.15, 0.2) is 46.7 Å². The zero-order chi connectivity index (χ0) is 22.6. The molecule has 0 atom stereocenters. The van der Waals surface area contributed by atoms with E-state index in [4.69, 9.17) is 9.57 Å². The van der Waals surface area contributed by atoms with Crippen molar-refractivity contribution in [2.24, 2.45) is 5.16 Å². The van der Waals surface area contributed by atoms with Gasteiger partial charge >= 0.3 is 0 Å². The zero-order valence-electron chi connectivity index (χ0n) is 17.9. The van der Waals surface area contributed by atoms with Gasteiger partial charge in [0.25, 0.3) is 5.91 Å². The third-order valence-corrected chi connectivity index (χ3v) is 7.75. The fourth-order valence-corrected chi connectivity index (χ4v) is 5.19. The lowest BCUT2D eigenvalue weighted by molar-refractivity contribution is -0.110. The third-order valence-electron chi connectivity index (χ3n) is 5.47. The Morgan fingerprint density at radius 2 is 1.81 bits per heavy atom. The molecular weight excluding hydrogens is 432 g/mol. The fraction of sp³-hybridized carbons (Fsp3) is 0.455. The number of ether oxygens (including phenoxy) is 1. The molecule has 4 rings (SSSR count). The van der Waals surface area contributed by atoms with Crippen molar-refractivity contribution in [1.29, 1.82) is 0 Å². The molecule has 32 heavy (non-hydrogen) atoms. The Balaban J connectivity index is 1.55. The number of sulfone groups is 1. The first-order chi connectivity index (χ1) is 15.5. The maximum Gasteiger partial charge on any atom is 0.279 e. The lowest BCUT2D eigenvalue weighted by Crippen LogP contribution is -2.25. The summed E-state index contributed by atoms with van der Waals surface area (Å²) in [4.78, 5) is 27.2. The van der Waals surface area contributed by atoms with E-state index < -0.39 is 15.7 Å². The van der Waals surface area contributed by atoms with E-state index in [1.165, 1.54) is 24.5 Å². The van der Waals surface area contributed by atoms with E-state index in [0.29, 0.717) is 30.7 Å². The Morgan fingerprint density at radius 3 is 2.41 bits per heavy atom. The minimum atomic E-state index is -3.31. The molecule has 2 saturated carbocycles. The first kappa shape index (κ1) is 22.3. The molecule has 0 aliphatic heterocycles. The Labute approximate surface area is 187 Å². The molecule has 1 aromatic heterocycles. The predicted molar refractivity (Wildman–Crippen MR) is 118 cm³/mol. The number of methoxy groups -OCH3 is 1. The van der Waals surface area contributed by atoms with E-state index in [1.807, 2.05) is 0 Å². The van der Waals surface area contributed by atoms with Crippen molar-refractivity contribution in [3.05, 3.63) is 47.9 Å². The van der Waals surface area contributed by atoms with Gasteiger partial charge in [-0.1, -0.05) is 17.3 Å². The topological polar surface area (TPSA) is 120 Å². The second kappa shape index (κ2) is 9.74. The first-order valence-corrected chi connectivity index (χ1v) is 12.2. The minimum Gasteiger partial charge on any atom is -0.392 e. The summed E-state index contributed by atoms with van der Waals surface area (Å²) in [6.07, 6.45) is 8.23. The molecule has 2 fully saturated rings. The number of carbonyl (C=O) groups excluding carboxylic acids is 1. The van der Waals surface area contributed by atoms with Gasteiger partial charge in [-0.05, 0) is 50.7 Å². The average molecular weight is 459 g/mol. The maximum atomic E-state index is 13.0. The number of carbonyl (C=O) groups is 1. The quantitative estimate of drug-likeness (QED) is 0.453. The SMILES string of the molecule is COCc1cnc(NC(=O)/C(=N/OC2CCCC2)c2ccc(S(=O)(=O)C3CC3)cc2)cn1. The predicted octanol–water partition coefficient (Wildman–Crippen LogP) is 2.86. The van der Waals surface area contributed by atoms with Gasteiger partial charge in [-0.15, -0.1) is 0 Å². The summed E-state index contributed by atoms with van der Waals surface area (Å²) in [6, 6.07) is 6.19. The largest absolute Gasteiger partial charge is 0.392 e. The highest BCUT2D eigenvalue weighted by Crippen LogP contribution is 2.33. The van der Waals surface area contributed by atoms with Gasteiger partial charge in [-0.25, -0.2) is 13.4 Å². The van der Waals surface area contributed by atoms with Crippen molar-refractivity contribution in [1.82, 2.24) is 9.97 Å². The highest BCUT2D eigenvalue weighted by atomic mass is 32.2. The lowest BCUT2D eigenvalue weighted by Gasteiger charge is -2.11. The van der Waals surface area contributed by atoms with Crippen LogP contribution in [0.2, 0.25) is 0 Å². The number of aromatic nitrogens is 2. The molecule has 9 nitrogen and oxygen atoms in total. The molecule has 2 aliphatic rings. The van der Waals surface area contributed by atoms with Gasteiger partial charge in [-0.3, -0.25) is 9.78 Å². The van der Waals surface area contributed by atoms with E-state index in [0.717, 1.165) is 25.7 Å². The molecule has 170 valence electrons. The first-order valence-electron chi connectivity index (χ1n) is 10.7. The van der Waals surface area contributed by atoms with Crippen LogP contribution in [-0.2, 0) is 30.8 Å². The van der Waals surface area contributed by atoms with Gasteiger partial charge in [0.2, 0.25) is 0 Å². The molecule has 0 unspecified atom stereocenters. The van der Waals surface area contributed by atoms with Crippen LogP contribution in [0.4, 0.5) is 5.82 Å². The number of nitrogens with one attached hydrogen (secondary N) is 1. The molecule has 1 amide bonds. The minimum absolute atomic E-state index is 0.0274. The van der Waals surface area contributed by atoms with Crippen molar-refractivity contribution in [3.63, 3.8) is 0 Å². The second-order valence-corrected chi connectivity index (χ2v) is 10.2. The molecule has 2 aliphatic carbocycles. The normalized spacial score (nSPS) is 17.3. The summed E-state index contributed by atoms with van der Waals surface area (Å²) in [5, 5.41) is 6.53. The van der Waals surface area contributed by atoms with Crippen LogP contribution in [0.5, 0.6) is 0 Å². The molecule has 1 heterocycles. The van der Waals surface area contributed by atoms with Gasteiger partial charge in [-0.2, -0.15) is 0 Å². The van der Waals surface area contributed by atoms with E-state index >= 15 is 0 Å². The number of hydrogen-bond donors (Lipinski definition) is 1. The Morgan fingerprint density at radius 1 is 1.09 bits per heavy atom. The average Bonchev–Trinajstić information content (AvgIpc) is 3.54. The van der Waals surface area contributed by atoms with Gasteiger partial charge in [0.15, 0.2) is 21.4 Å². The molecular formula is C22H26N4O5S. The summed E-state index contributed by atoms with van der Waals surface area (Å²) < 4.78 is 29.9. The van der Waals surface area contributed by atoms with Crippen LogP contribution >= 0.6 is 0 Å². The summed E-state index contributed by atoms with van der Waals surface area (Å²) in [5.74, 6) is -0.258. The molecule has 0 bridgehead atoms. The third kappa shape index (κ3) is 5.31. The van der Waals surface area contributed by atoms with Gasteiger partial charge in [0, 0.05) is 12.7 Å². The highest BCUT2D eigenvalue weighted by molar-refractivity contribution is 7.92. The van der Waals surface area contributed by atoms with Crippen LogP contribution in [0, 0.1) is 0 Å². The monoisotopic (exact) mass is 458 g/mol. The van der Waals surface area contributed by atoms with Crippen LogP contribution in [0.3, 0.4) is 0 Å². The molecule has 0 spiro atoms. The zero-order valence-corrected chi connectivity index (χ0v) is 18.7. The van der Waals surface area contributed by atoms with Gasteiger partial charge in [0.1, 0.15) is 6.10 Å². The summed E-state index contributed by atoms with van der Waals surface area (Å²) in [6.45, 7) is 0.319. The van der Waals surface area contributed by atoms with Crippen LogP contribution in [-0.4, -0.2) is 48.5 Å². The number of anilines is 1. The van der Waals surface area contributed by atoms with E-state index in [2.05, 4.69) is 20.4 Å². The number of rotatable bonds is 9. The Kier molecular flexibility index (Phi) is 6.80. The molecule has 2 aromatic rings. The number of oxime groups is 1. The smallest absolute Gasteiger partial charge is 0.279 e. The van der Waals surface area contributed by atoms with Crippen molar-refractivity contribution < 1.29 is 22.8 Å². The summed E-state index contributed by atoms with van der Waals surface area (Å²) >= 11 is 0. The standard InChI is InChI=1S/C22H26N4O5S/c1-30-14-16-12-24-20(13-23-16)25-22(27)21(26-31-17-4-2-3-5-17)15-6-8-18(9-7-15)32(28,29)19-10-11-19/h6-9,12-13,17,19H,2-5,10-11,14H2,1H3,(H,24,25,27)/b26-21+. The molecule has 1 aromatic carbocycles. The summed E-state index contributed by atoms with van der Waals surface area (Å²) in [7, 11) is -1.75. The van der Waals surface area contributed by atoms with Gasteiger partial charge < -0.3 is 14.9 Å². The van der Waals surface area contributed by atoms with Crippen molar-refractivity contribution in [2.75, 3.05) is 12.4 Å². The van der Waals surface area contributed by atoms with Crippen molar-refractivity contribution in [2.45, 2.75) is 61.4 Å². The number of amides is 1. The summed E-state index contributed by atoms with van der Waals surface area (Å²) in [5.41, 5.74) is 1.14. The number of hydrogen-bond acceptors (Lipinski definition) is 8. The van der Waals surface area contributed by atoms with Gasteiger partial charge in [0.05, 0.1) is 34.8 Å². The number of nitrogens with zero attached hydrogens (tertiary/aromatic N) is 3. The fourth-order valence-electron chi connectivity index (χ4n) is 3.54. The molecule has 1 N–H and O–H groups in total. The van der Waals surface area contributed by atoms with Crippen LogP contribution in [0.25, 0.3) is 0 Å². The second-order valence-electron chi connectivity index (χ2n) is 8.00. The Hall–Kier alpha value is -2.85. The molecule has 0 radical (unpaired) electrons. The van der Waals surface area contributed by atoms with Crippen molar-refractivity contribution >= 4 is 27.3 Å². The van der Waals surface area contributed by atoms with E-state index in [1.54, 1.807) is 19.2 Å². The van der Waals surface area contributed by atoms with Crippen molar-refractivity contribution in [3.8, 4) is 0 Å². The molecule has 10 heteroatoms. The molecule has 0 saturated heterocycles. The number of benzene rings is 1. The Bertz CT molecular complexity index is 1070. The van der Waals surface area contributed by atoms with Crippen LogP contribution < -0.4 is 5.32 Å². The van der Waals surface area contributed by atoms with E-state index in [-0.39, 0.29) is 27.8 Å². The van der Waals surface area contributed by atoms with Crippen LogP contribution in [0.1, 0.15) is 49.8 Å². The van der Waals surface area contributed by atoms with E-state index in [9.17, 15) is 13.2 Å².